The van der Waals surface area contributed by atoms with Gasteiger partial charge in [-0.05, 0) is 38.4 Å². The fourth-order valence-electron chi connectivity index (χ4n) is 4.09. The van der Waals surface area contributed by atoms with Gasteiger partial charge in [-0.15, -0.1) is 11.3 Å². The molecule has 0 bridgehead atoms. The summed E-state index contributed by atoms with van der Waals surface area (Å²) in [5.74, 6) is 1.20. The van der Waals surface area contributed by atoms with Crippen LogP contribution < -0.4 is 21.1 Å². The van der Waals surface area contributed by atoms with Crippen LogP contribution in [0, 0.1) is 0 Å². The fraction of sp³-hybridized carbons (Fsp3) is 0.476. The predicted octanol–water partition coefficient (Wildman–Crippen LogP) is 2.44. The van der Waals surface area contributed by atoms with E-state index in [1.807, 2.05) is 24.3 Å². The maximum atomic E-state index is 13.3. The largest absolute Gasteiger partial charge is 0.377 e. The number of piperidine rings is 1. The Balaban J connectivity index is 1.59. The third kappa shape index (κ3) is 3.80. The van der Waals surface area contributed by atoms with Crippen LogP contribution in [0.25, 0.3) is 20.8 Å². The molecule has 0 radical (unpaired) electrons. The van der Waals surface area contributed by atoms with E-state index in [2.05, 4.69) is 27.4 Å². The molecule has 9 heteroatoms. The van der Waals surface area contributed by atoms with Crippen molar-refractivity contribution in [2.75, 3.05) is 43.1 Å². The van der Waals surface area contributed by atoms with E-state index in [0.29, 0.717) is 42.1 Å². The van der Waals surface area contributed by atoms with Gasteiger partial charge in [0.05, 0.1) is 29.5 Å². The molecule has 30 heavy (non-hydrogen) atoms. The molecular formula is C21H26N6O2S. The van der Waals surface area contributed by atoms with Gasteiger partial charge in [0, 0.05) is 19.1 Å². The van der Waals surface area contributed by atoms with Crippen LogP contribution in [0.15, 0.2) is 29.1 Å². The molecular weight excluding hydrogens is 400 g/mol. The Morgan fingerprint density at radius 2 is 2.20 bits per heavy atom. The molecule has 2 saturated heterocycles. The Hall–Kier alpha value is -2.49. The van der Waals surface area contributed by atoms with E-state index in [9.17, 15) is 4.79 Å². The van der Waals surface area contributed by atoms with Crippen LogP contribution in [0.5, 0.6) is 0 Å². The number of benzene rings is 1. The molecule has 2 atom stereocenters. The monoisotopic (exact) mass is 426 g/mol. The number of thiazole rings is 1. The average Bonchev–Trinajstić information content (AvgIpc) is 3.18. The number of morpholine rings is 1. The number of nitrogens with one attached hydrogen (secondary N) is 3. The second-order valence-electron chi connectivity index (χ2n) is 7.90. The highest BCUT2D eigenvalue weighted by atomic mass is 32.1. The number of aromatic amines is 1. The van der Waals surface area contributed by atoms with Crippen LogP contribution >= 0.6 is 11.3 Å². The Morgan fingerprint density at radius 3 is 3.00 bits per heavy atom. The quantitative estimate of drug-likeness (QED) is 0.590. The minimum absolute atomic E-state index is 0.152. The first-order valence-electron chi connectivity index (χ1n) is 10.5. The number of anilines is 2. The van der Waals surface area contributed by atoms with Gasteiger partial charge in [0.15, 0.2) is 0 Å². The number of nitrogens with zero attached hydrogens (tertiary/aromatic N) is 3. The van der Waals surface area contributed by atoms with E-state index >= 15 is 0 Å². The first-order chi connectivity index (χ1) is 14.7. The third-order valence-electron chi connectivity index (χ3n) is 5.69. The lowest BCUT2D eigenvalue weighted by atomic mass is 10.1. The highest BCUT2D eigenvalue weighted by Crippen LogP contribution is 2.33. The van der Waals surface area contributed by atoms with Gasteiger partial charge in [0.2, 0.25) is 5.95 Å². The SMILES string of the molecule is CC1COCCN1c1nc(NC2CCCNC2)c(-c2nc3ccccc3s2)c(=O)[nH]1. The van der Waals surface area contributed by atoms with Gasteiger partial charge < -0.3 is 20.3 Å². The number of hydrogen-bond donors (Lipinski definition) is 3. The lowest BCUT2D eigenvalue weighted by Crippen LogP contribution is -2.45. The zero-order chi connectivity index (χ0) is 20.5. The second-order valence-corrected chi connectivity index (χ2v) is 8.94. The summed E-state index contributed by atoms with van der Waals surface area (Å²) in [4.78, 5) is 28.0. The molecule has 2 aliphatic rings. The molecule has 5 rings (SSSR count). The van der Waals surface area contributed by atoms with Crippen molar-refractivity contribution in [3.63, 3.8) is 0 Å². The summed E-state index contributed by atoms with van der Waals surface area (Å²) in [6.45, 7) is 5.93. The van der Waals surface area contributed by atoms with Gasteiger partial charge in [0.1, 0.15) is 16.4 Å². The van der Waals surface area contributed by atoms with Crippen LogP contribution in [-0.2, 0) is 4.74 Å². The molecule has 1 aromatic carbocycles. The topological polar surface area (TPSA) is 95.2 Å². The maximum Gasteiger partial charge on any atom is 0.264 e. The van der Waals surface area contributed by atoms with Crippen LogP contribution in [0.2, 0.25) is 0 Å². The molecule has 2 fully saturated rings. The van der Waals surface area contributed by atoms with Crippen molar-refractivity contribution in [2.45, 2.75) is 31.8 Å². The van der Waals surface area contributed by atoms with Gasteiger partial charge in [-0.2, -0.15) is 4.98 Å². The van der Waals surface area contributed by atoms with E-state index in [-0.39, 0.29) is 17.6 Å². The number of hydrogen-bond acceptors (Lipinski definition) is 8. The van der Waals surface area contributed by atoms with Crippen molar-refractivity contribution >= 4 is 33.3 Å². The van der Waals surface area contributed by atoms with Gasteiger partial charge in [-0.3, -0.25) is 9.78 Å². The van der Waals surface area contributed by atoms with Crippen LogP contribution in [0.1, 0.15) is 19.8 Å². The maximum absolute atomic E-state index is 13.3. The lowest BCUT2D eigenvalue weighted by Gasteiger charge is -2.34. The summed E-state index contributed by atoms with van der Waals surface area (Å²) in [5, 5.41) is 7.65. The van der Waals surface area contributed by atoms with E-state index in [4.69, 9.17) is 14.7 Å². The minimum atomic E-state index is -0.163. The van der Waals surface area contributed by atoms with E-state index in [1.54, 1.807) is 0 Å². The zero-order valence-corrected chi connectivity index (χ0v) is 17.8. The van der Waals surface area contributed by atoms with E-state index in [1.165, 1.54) is 11.3 Å². The van der Waals surface area contributed by atoms with Crippen LogP contribution in [-0.4, -0.2) is 59.9 Å². The summed E-state index contributed by atoms with van der Waals surface area (Å²) < 4.78 is 6.61. The van der Waals surface area contributed by atoms with Crippen molar-refractivity contribution in [3.05, 3.63) is 34.6 Å². The van der Waals surface area contributed by atoms with Crippen molar-refractivity contribution in [3.8, 4) is 10.6 Å². The Kier molecular flexibility index (Phi) is 5.41. The summed E-state index contributed by atoms with van der Waals surface area (Å²) in [7, 11) is 0. The second kappa shape index (κ2) is 8.33. The van der Waals surface area contributed by atoms with Crippen molar-refractivity contribution in [1.82, 2.24) is 20.3 Å². The number of ether oxygens (including phenoxy) is 1. The number of aromatic nitrogens is 3. The fourth-order valence-corrected chi connectivity index (χ4v) is 5.10. The molecule has 0 aliphatic carbocycles. The Morgan fingerprint density at radius 1 is 1.30 bits per heavy atom. The number of fused-ring (bicyclic) bond motifs is 1. The molecule has 2 aromatic heterocycles. The standard InChI is InChI=1S/C21H26N6O2S/c1-13-12-29-10-9-27(13)21-25-18(23-14-5-4-8-22-11-14)17(19(28)26-21)20-24-15-6-2-3-7-16(15)30-20/h2-3,6-7,13-14,22H,4-5,8-12H2,1H3,(H2,23,25,26,28). The molecule has 4 heterocycles. The molecule has 8 nitrogen and oxygen atoms in total. The highest BCUT2D eigenvalue weighted by molar-refractivity contribution is 7.21. The molecule has 158 valence electrons. The van der Waals surface area contributed by atoms with Gasteiger partial charge >= 0.3 is 0 Å². The molecule has 2 unspecified atom stereocenters. The van der Waals surface area contributed by atoms with E-state index in [0.717, 1.165) is 36.1 Å². The smallest absolute Gasteiger partial charge is 0.264 e. The summed E-state index contributed by atoms with van der Waals surface area (Å²) >= 11 is 1.52. The van der Waals surface area contributed by atoms with E-state index < -0.39 is 0 Å². The minimum Gasteiger partial charge on any atom is -0.377 e. The van der Waals surface area contributed by atoms with Gasteiger partial charge in [-0.25, -0.2) is 4.98 Å². The predicted molar refractivity (Wildman–Crippen MR) is 121 cm³/mol. The molecule has 2 aliphatic heterocycles. The number of H-pyrrole nitrogens is 1. The number of rotatable bonds is 4. The van der Waals surface area contributed by atoms with Crippen molar-refractivity contribution in [1.29, 1.82) is 0 Å². The van der Waals surface area contributed by atoms with Gasteiger partial charge in [-0.1, -0.05) is 12.1 Å². The van der Waals surface area contributed by atoms with Crippen LogP contribution in [0.4, 0.5) is 11.8 Å². The van der Waals surface area contributed by atoms with Crippen LogP contribution in [0.3, 0.4) is 0 Å². The molecule has 0 spiro atoms. The first kappa shape index (κ1) is 19.5. The third-order valence-corrected chi connectivity index (χ3v) is 6.75. The average molecular weight is 427 g/mol. The molecule has 0 amide bonds. The van der Waals surface area contributed by atoms with Crippen molar-refractivity contribution < 1.29 is 4.74 Å². The molecule has 0 saturated carbocycles. The summed E-state index contributed by atoms with van der Waals surface area (Å²) in [5.41, 5.74) is 1.25. The number of para-hydroxylation sites is 1. The summed E-state index contributed by atoms with van der Waals surface area (Å²) in [6.07, 6.45) is 2.15. The summed E-state index contributed by atoms with van der Waals surface area (Å²) in [6, 6.07) is 8.33. The zero-order valence-electron chi connectivity index (χ0n) is 17.0. The van der Waals surface area contributed by atoms with Crippen molar-refractivity contribution in [2.24, 2.45) is 0 Å². The highest BCUT2D eigenvalue weighted by Gasteiger charge is 2.26. The molecule has 3 aromatic rings. The Bertz CT molecular complexity index is 1060. The normalized spacial score (nSPS) is 22.4. The first-order valence-corrected chi connectivity index (χ1v) is 11.3. The molecule has 3 N–H and O–H groups in total. The van der Waals surface area contributed by atoms with Gasteiger partial charge in [0.25, 0.3) is 5.56 Å². The Labute approximate surface area is 178 Å². The lowest BCUT2D eigenvalue weighted by molar-refractivity contribution is 0.0981.